The zero-order valence-corrected chi connectivity index (χ0v) is 20.7. The standard InChI is InChI=1S/C29H29NO5/c1-6-33-29(32)25-16-27(34-20(25)5)21-8-7-9-22(14-21)30-28(31)26-11-10-23(35-26)15-24-18(3)12-17(2)13-19(24)4/h7-14,16H,6,15H2,1-5H3,(H,30,31). The zero-order chi connectivity index (χ0) is 25.1. The molecule has 0 saturated heterocycles. The van der Waals surface area contributed by atoms with E-state index in [0.29, 0.717) is 35.8 Å². The Morgan fingerprint density at radius 1 is 0.914 bits per heavy atom. The number of nitrogens with one attached hydrogen (secondary N) is 1. The van der Waals surface area contributed by atoms with Crippen molar-refractivity contribution in [2.24, 2.45) is 0 Å². The molecule has 6 nitrogen and oxygen atoms in total. The molecule has 1 amide bonds. The van der Waals surface area contributed by atoms with Crippen LogP contribution in [0, 0.1) is 27.7 Å². The van der Waals surface area contributed by atoms with Gasteiger partial charge in [-0.3, -0.25) is 4.79 Å². The number of amides is 1. The minimum atomic E-state index is -0.422. The fourth-order valence-electron chi connectivity index (χ4n) is 4.24. The van der Waals surface area contributed by atoms with Gasteiger partial charge < -0.3 is 18.9 Å². The maximum Gasteiger partial charge on any atom is 0.341 e. The summed E-state index contributed by atoms with van der Waals surface area (Å²) in [7, 11) is 0. The maximum absolute atomic E-state index is 12.8. The van der Waals surface area contributed by atoms with E-state index in [2.05, 4.69) is 38.2 Å². The van der Waals surface area contributed by atoms with Gasteiger partial charge in [0.1, 0.15) is 22.8 Å². The third-order valence-corrected chi connectivity index (χ3v) is 5.89. The predicted octanol–water partition coefficient (Wildman–Crippen LogP) is 6.79. The van der Waals surface area contributed by atoms with E-state index in [4.69, 9.17) is 13.6 Å². The molecule has 4 rings (SSSR count). The summed E-state index contributed by atoms with van der Waals surface area (Å²) in [6.45, 7) is 10.0. The Labute approximate surface area is 204 Å². The van der Waals surface area contributed by atoms with E-state index in [0.717, 1.165) is 11.3 Å². The Morgan fingerprint density at radius 2 is 1.66 bits per heavy atom. The first-order valence-corrected chi connectivity index (χ1v) is 11.6. The molecule has 0 saturated carbocycles. The lowest BCUT2D eigenvalue weighted by atomic mass is 9.97. The van der Waals surface area contributed by atoms with Crippen LogP contribution in [0.3, 0.4) is 0 Å². The number of ether oxygens (including phenoxy) is 1. The molecule has 0 aliphatic heterocycles. The first kappa shape index (κ1) is 24.1. The normalized spacial score (nSPS) is 10.9. The number of benzene rings is 2. The fourth-order valence-corrected chi connectivity index (χ4v) is 4.24. The first-order chi connectivity index (χ1) is 16.7. The van der Waals surface area contributed by atoms with Crippen molar-refractivity contribution in [3.8, 4) is 11.3 Å². The Balaban J connectivity index is 1.48. The molecule has 2 aromatic carbocycles. The third kappa shape index (κ3) is 5.38. The molecule has 1 N–H and O–H groups in total. The number of rotatable bonds is 7. The molecule has 4 aromatic rings. The largest absolute Gasteiger partial charge is 0.462 e. The van der Waals surface area contributed by atoms with Crippen LogP contribution in [0.5, 0.6) is 0 Å². The summed E-state index contributed by atoms with van der Waals surface area (Å²) in [5.74, 6) is 1.21. The predicted molar refractivity (Wildman–Crippen MR) is 135 cm³/mol. The SMILES string of the molecule is CCOC(=O)c1cc(-c2cccc(NC(=O)c3ccc(Cc4c(C)cc(C)cc4C)o3)c2)oc1C. The van der Waals surface area contributed by atoms with Crippen LogP contribution in [0.1, 0.15) is 61.6 Å². The van der Waals surface area contributed by atoms with E-state index in [1.54, 1.807) is 38.1 Å². The van der Waals surface area contributed by atoms with Crippen LogP contribution in [-0.2, 0) is 11.2 Å². The molecule has 0 radical (unpaired) electrons. The highest BCUT2D eigenvalue weighted by atomic mass is 16.5. The average molecular weight is 472 g/mol. The lowest BCUT2D eigenvalue weighted by Gasteiger charge is -2.10. The van der Waals surface area contributed by atoms with Gasteiger partial charge in [0.25, 0.3) is 5.91 Å². The second-order valence-electron chi connectivity index (χ2n) is 8.66. The second kappa shape index (κ2) is 10.1. The Kier molecular flexibility index (Phi) is 6.92. The van der Waals surface area contributed by atoms with Gasteiger partial charge in [0.2, 0.25) is 0 Å². The quantitative estimate of drug-likeness (QED) is 0.300. The molecule has 0 bridgehead atoms. The second-order valence-corrected chi connectivity index (χ2v) is 8.66. The molecule has 0 spiro atoms. The summed E-state index contributed by atoms with van der Waals surface area (Å²) in [6.07, 6.45) is 0.626. The number of anilines is 1. The number of esters is 1. The molecule has 0 aliphatic rings. The summed E-state index contributed by atoms with van der Waals surface area (Å²) in [5.41, 5.74) is 6.56. The molecular formula is C29H29NO5. The van der Waals surface area contributed by atoms with Crippen LogP contribution in [0.25, 0.3) is 11.3 Å². The Bertz CT molecular complexity index is 1370. The van der Waals surface area contributed by atoms with Gasteiger partial charge in [0, 0.05) is 17.7 Å². The van der Waals surface area contributed by atoms with E-state index in [9.17, 15) is 9.59 Å². The van der Waals surface area contributed by atoms with E-state index in [1.165, 1.54) is 22.3 Å². The highest BCUT2D eigenvalue weighted by molar-refractivity contribution is 6.02. The van der Waals surface area contributed by atoms with E-state index in [1.807, 2.05) is 18.2 Å². The van der Waals surface area contributed by atoms with Gasteiger partial charge in [-0.1, -0.05) is 29.8 Å². The van der Waals surface area contributed by atoms with E-state index >= 15 is 0 Å². The van der Waals surface area contributed by atoms with Crippen LogP contribution >= 0.6 is 0 Å². The van der Waals surface area contributed by atoms with Gasteiger partial charge in [-0.25, -0.2) is 4.79 Å². The summed E-state index contributed by atoms with van der Waals surface area (Å²) >= 11 is 0. The number of carbonyl (C=O) groups is 2. The molecule has 35 heavy (non-hydrogen) atoms. The van der Waals surface area contributed by atoms with Crippen LogP contribution in [0.2, 0.25) is 0 Å². The summed E-state index contributed by atoms with van der Waals surface area (Å²) in [4.78, 5) is 24.9. The molecule has 0 aliphatic carbocycles. The summed E-state index contributed by atoms with van der Waals surface area (Å²) in [6, 6.07) is 16.7. The summed E-state index contributed by atoms with van der Waals surface area (Å²) < 4.78 is 16.7. The van der Waals surface area contributed by atoms with Crippen molar-refractivity contribution >= 4 is 17.6 Å². The Morgan fingerprint density at radius 3 is 2.37 bits per heavy atom. The van der Waals surface area contributed by atoms with Crippen molar-refractivity contribution in [3.63, 3.8) is 0 Å². The van der Waals surface area contributed by atoms with E-state index < -0.39 is 5.97 Å². The highest BCUT2D eigenvalue weighted by Crippen LogP contribution is 2.28. The first-order valence-electron chi connectivity index (χ1n) is 11.6. The molecule has 0 fully saturated rings. The molecule has 0 atom stereocenters. The maximum atomic E-state index is 12.8. The zero-order valence-electron chi connectivity index (χ0n) is 20.7. The number of hydrogen-bond acceptors (Lipinski definition) is 5. The van der Waals surface area contributed by atoms with Crippen LogP contribution in [-0.4, -0.2) is 18.5 Å². The van der Waals surface area contributed by atoms with Crippen molar-refractivity contribution in [1.29, 1.82) is 0 Å². The smallest absolute Gasteiger partial charge is 0.341 e. The van der Waals surface area contributed by atoms with Crippen molar-refractivity contribution in [2.45, 2.75) is 41.0 Å². The molecular weight excluding hydrogens is 442 g/mol. The molecule has 180 valence electrons. The highest BCUT2D eigenvalue weighted by Gasteiger charge is 2.18. The topological polar surface area (TPSA) is 81.7 Å². The number of carbonyl (C=O) groups excluding carboxylic acids is 2. The molecule has 6 heteroatoms. The average Bonchev–Trinajstić information content (AvgIpc) is 3.43. The van der Waals surface area contributed by atoms with E-state index in [-0.39, 0.29) is 11.7 Å². The van der Waals surface area contributed by atoms with Crippen molar-refractivity contribution in [3.05, 3.63) is 99.7 Å². The van der Waals surface area contributed by atoms with Gasteiger partial charge in [-0.15, -0.1) is 0 Å². The van der Waals surface area contributed by atoms with Crippen molar-refractivity contribution in [1.82, 2.24) is 0 Å². The van der Waals surface area contributed by atoms with Crippen LogP contribution in [0.4, 0.5) is 5.69 Å². The lowest BCUT2D eigenvalue weighted by Crippen LogP contribution is -2.10. The van der Waals surface area contributed by atoms with Gasteiger partial charge in [0.05, 0.1) is 6.61 Å². The number of furan rings is 2. The minimum Gasteiger partial charge on any atom is -0.462 e. The summed E-state index contributed by atoms with van der Waals surface area (Å²) in [5, 5.41) is 2.87. The Hall–Kier alpha value is -4.06. The van der Waals surface area contributed by atoms with Gasteiger partial charge in [-0.05, 0) is 81.6 Å². The number of hydrogen-bond donors (Lipinski definition) is 1. The fraction of sp³-hybridized carbons (Fsp3) is 0.241. The monoisotopic (exact) mass is 471 g/mol. The molecule has 2 heterocycles. The van der Waals surface area contributed by atoms with Gasteiger partial charge in [0.15, 0.2) is 5.76 Å². The lowest BCUT2D eigenvalue weighted by molar-refractivity contribution is 0.0524. The van der Waals surface area contributed by atoms with Gasteiger partial charge >= 0.3 is 5.97 Å². The number of aryl methyl sites for hydroxylation is 4. The molecule has 2 aromatic heterocycles. The van der Waals surface area contributed by atoms with Crippen LogP contribution in [0.15, 0.2) is 63.4 Å². The van der Waals surface area contributed by atoms with Crippen molar-refractivity contribution < 1.29 is 23.2 Å². The van der Waals surface area contributed by atoms with Crippen molar-refractivity contribution in [2.75, 3.05) is 11.9 Å². The minimum absolute atomic E-state index is 0.242. The van der Waals surface area contributed by atoms with Crippen LogP contribution < -0.4 is 5.32 Å². The third-order valence-electron chi connectivity index (χ3n) is 5.89. The van der Waals surface area contributed by atoms with Gasteiger partial charge in [-0.2, -0.15) is 0 Å². The molecule has 0 unspecified atom stereocenters.